The lowest BCUT2D eigenvalue weighted by molar-refractivity contribution is -0.153. The van der Waals surface area contributed by atoms with E-state index in [0.29, 0.717) is 23.7 Å². The number of ketones is 1. The number of fused-ring (bicyclic) bond motifs is 2. The van der Waals surface area contributed by atoms with E-state index in [1.54, 1.807) is 17.0 Å². The van der Waals surface area contributed by atoms with Crippen molar-refractivity contribution in [1.82, 2.24) is 4.90 Å². The Balaban J connectivity index is 1.18. The number of Topliss-reactive ketones (excluding diaryl/α,β-unsaturated/α-hetero) is 1. The van der Waals surface area contributed by atoms with E-state index in [-0.39, 0.29) is 64.0 Å². The smallest absolute Gasteiger partial charge is 0.286 e. The third kappa shape index (κ3) is 3.27. The number of likely N-dealkylation sites (tertiary alicyclic amines) is 1. The molecule has 7 aliphatic rings. The normalized spacial score (nSPS) is 37.5. The van der Waals surface area contributed by atoms with Gasteiger partial charge in [-0.3, -0.25) is 14.3 Å². The Morgan fingerprint density at radius 3 is 2.45 bits per heavy atom. The molecule has 1 saturated heterocycles. The average molecular weight is 585 g/mol. The van der Waals surface area contributed by atoms with Gasteiger partial charge in [0.05, 0.1) is 11.9 Å². The molecule has 40 heavy (non-hydrogen) atoms. The minimum atomic E-state index is -4.36. The Labute approximate surface area is 230 Å². The van der Waals surface area contributed by atoms with E-state index < -0.39 is 31.9 Å². The second-order valence-corrected chi connectivity index (χ2v) is 15.3. The standard InChI is InChI=1S/C27H25FN4O6S2/c1-39(35,36)30-13-6-7-16-17(8-13)40(37,38)31-26(29-16)23-25(33)22-20-15-9-14-18(20)19(14)21(15)24(22)32(27(23)34)10-11-2-4-12(28)5-3-11/h2-8,14-15,18-24,30H,9-10H2,1H3,(H,29,31)/t14?,15?,18?,19?,20?,21?,22-,23?,24+/m1/s1. The molecule has 5 saturated carbocycles. The molecule has 6 fully saturated rings. The Hall–Kier alpha value is -3.32. The summed E-state index contributed by atoms with van der Waals surface area (Å²) in [6.07, 6.45) is 2.03. The van der Waals surface area contributed by atoms with Crippen LogP contribution in [0.15, 0.2) is 51.8 Å². The zero-order valence-electron chi connectivity index (χ0n) is 21.2. The maximum Gasteiger partial charge on any atom is 0.286 e. The zero-order chi connectivity index (χ0) is 27.9. The highest BCUT2D eigenvalue weighted by Gasteiger charge is 2.83. The van der Waals surface area contributed by atoms with Crippen LogP contribution >= 0.6 is 0 Å². The summed E-state index contributed by atoms with van der Waals surface area (Å²) in [7, 11) is -8.01. The molecule has 7 unspecified atom stereocenters. The van der Waals surface area contributed by atoms with Gasteiger partial charge >= 0.3 is 0 Å². The average Bonchev–Trinajstić information content (AvgIpc) is 3.18. The highest BCUT2D eigenvalue weighted by atomic mass is 32.2. The van der Waals surface area contributed by atoms with Gasteiger partial charge in [-0.05, 0) is 77.8 Å². The molecule has 1 amide bonds. The largest absolute Gasteiger partial charge is 0.341 e. The van der Waals surface area contributed by atoms with Gasteiger partial charge in [0.15, 0.2) is 11.7 Å². The summed E-state index contributed by atoms with van der Waals surface area (Å²) in [6.45, 7) is 0.194. The molecule has 0 aromatic heterocycles. The van der Waals surface area contributed by atoms with Crippen LogP contribution in [0.25, 0.3) is 0 Å². The number of carbonyl (C=O) groups excluding carboxylic acids is 2. The lowest BCUT2D eigenvalue weighted by Crippen LogP contribution is -2.61. The predicted octanol–water partition coefficient (Wildman–Crippen LogP) is 2.06. The zero-order valence-corrected chi connectivity index (χ0v) is 22.8. The number of amides is 1. The molecule has 2 aromatic rings. The van der Waals surface area contributed by atoms with E-state index in [1.165, 1.54) is 24.3 Å². The Bertz CT molecular complexity index is 1780. The number of piperidine rings is 1. The molecule has 9 atom stereocenters. The molecule has 5 aliphatic carbocycles. The fraction of sp³-hybridized carbons (Fsp3) is 0.444. The number of nitrogens with zero attached hydrogens (tertiary/aromatic N) is 2. The molecule has 2 N–H and O–H groups in total. The molecular weight excluding hydrogens is 559 g/mol. The van der Waals surface area contributed by atoms with Crippen LogP contribution in [0.1, 0.15) is 12.0 Å². The van der Waals surface area contributed by atoms with Crippen LogP contribution in [0.2, 0.25) is 0 Å². The summed E-state index contributed by atoms with van der Waals surface area (Å²) in [5, 5.41) is 2.91. The van der Waals surface area contributed by atoms with Crippen molar-refractivity contribution < 1.29 is 30.8 Å². The van der Waals surface area contributed by atoms with Crippen LogP contribution in [-0.4, -0.2) is 51.6 Å². The second-order valence-electron chi connectivity index (χ2n) is 12.0. The van der Waals surface area contributed by atoms with E-state index in [9.17, 15) is 30.8 Å². The number of hydrogen-bond acceptors (Lipinski definition) is 7. The first-order valence-electron chi connectivity index (χ1n) is 13.3. The number of carbonyl (C=O) groups is 2. The number of halogens is 1. The molecule has 2 heterocycles. The predicted molar refractivity (Wildman–Crippen MR) is 141 cm³/mol. The van der Waals surface area contributed by atoms with Gasteiger partial charge in [0.25, 0.3) is 10.0 Å². The summed E-state index contributed by atoms with van der Waals surface area (Å²) < 4.78 is 69.5. The molecule has 13 heteroatoms. The van der Waals surface area contributed by atoms with Crippen LogP contribution in [0, 0.1) is 53.2 Å². The first kappa shape index (κ1) is 24.5. The molecule has 0 radical (unpaired) electrons. The number of amidine groups is 1. The van der Waals surface area contributed by atoms with Crippen molar-refractivity contribution in [3.63, 3.8) is 0 Å². The summed E-state index contributed by atoms with van der Waals surface area (Å²) >= 11 is 0. The highest BCUT2D eigenvalue weighted by Crippen LogP contribution is 2.83. The van der Waals surface area contributed by atoms with Crippen molar-refractivity contribution >= 4 is 48.9 Å². The van der Waals surface area contributed by atoms with Crippen molar-refractivity contribution in [3.8, 4) is 0 Å². The lowest BCUT2D eigenvalue weighted by Gasteiger charge is -2.45. The van der Waals surface area contributed by atoms with Gasteiger partial charge < -0.3 is 10.2 Å². The van der Waals surface area contributed by atoms with E-state index in [0.717, 1.165) is 24.3 Å². The molecule has 0 spiro atoms. The van der Waals surface area contributed by atoms with Gasteiger partial charge in [-0.15, -0.1) is 4.40 Å². The summed E-state index contributed by atoms with van der Waals surface area (Å²) in [5.41, 5.74) is 0.879. The van der Waals surface area contributed by atoms with Crippen molar-refractivity contribution in [2.24, 2.45) is 51.7 Å². The minimum absolute atomic E-state index is 0.0448. The van der Waals surface area contributed by atoms with E-state index >= 15 is 0 Å². The van der Waals surface area contributed by atoms with Crippen LogP contribution < -0.4 is 10.0 Å². The quantitative estimate of drug-likeness (QED) is 0.513. The Morgan fingerprint density at radius 1 is 1.05 bits per heavy atom. The molecule has 2 aliphatic heterocycles. The number of hydrogen-bond donors (Lipinski definition) is 2. The Morgan fingerprint density at radius 2 is 1.75 bits per heavy atom. The third-order valence-electron chi connectivity index (χ3n) is 9.98. The van der Waals surface area contributed by atoms with E-state index in [2.05, 4.69) is 14.4 Å². The first-order valence-corrected chi connectivity index (χ1v) is 16.6. The summed E-state index contributed by atoms with van der Waals surface area (Å²) in [6, 6.07) is 9.59. The van der Waals surface area contributed by atoms with Crippen molar-refractivity contribution in [1.29, 1.82) is 0 Å². The fourth-order valence-corrected chi connectivity index (χ4v) is 10.7. The number of nitrogens with one attached hydrogen (secondary N) is 2. The van der Waals surface area contributed by atoms with Gasteiger partial charge in [-0.25, -0.2) is 12.8 Å². The summed E-state index contributed by atoms with van der Waals surface area (Å²) in [4.78, 5) is 29.7. The molecule has 6 bridgehead atoms. The van der Waals surface area contributed by atoms with Crippen molar-refractivity contribution in [2.45, 2.75) is 23.9 Å². The molecular formula is C27H25FN4O6S2. The minimum Gasteiger partial charge on any atom is -0.341 e. The van der Waals surface area contributed by atoms with Gasteiger partial charge in [-0.2, -0.15) is 8.42 Å². The van der Waals surface area contributed by atoms with Gasteiger partial charge in [0.1, 0.15) is 16.5 Å². The second kappa shape index (κ2) is 7.69. The third-order valence-corrected chi connectivity index (χ3v) is 11.9. The number of rotatable bonds is 5. The van der Waals surface area contributed by atoms with Gasteiger partial charge in [-0.1, -0.05) is 12.1 Å². The topological polar surface area (TPSA) is 142 Å². The molecule has 208 valence electrons. The fourth-order valence-electron chi connectivity index (χ4n) is 8.93. The molecule has 10 nitrogen and oxygen atoms in total. The number of sulfonamides is 2. The highest BCUT2D eigenvalue weighted by molar-refractivity contribution is 7.92. The van der Waals surface area contributed by atoms with E-state index in [4.69, 9.17) is 0 Å². The molecule has 2 aromatic carbocycles. The van der Waals surface area contributed by atoms with Gasteiger partial charge in [0.2, 0.25) is 15.9 Å². The monoisotopic (exact) mass is 584 g/mol. The SMILES string of the molecule is CS(=O)(=O)Nc1ccc2c(c1)S(=O)(=O)N=C(C1C(=O)[C@@H]3C4C5CC6C4C6C5[C@@H]3N(Cc3ccc(F)cc3)C1=O)N2. The van der Waals surface area contributed by atoms with Crippen molar-refractivity contribution in [2.75, 3.05) is 16.3 Å². The van der Waals surface area contributed by atoms with Crippen LogP contribution in [0.4, 0.5) is 15.8 Å². The maximum absolute atomic E-state index is 14.1. The van der Waals surface area contributed by atoms with Crippen LogP contribution in [0.5, 0.6) is 0 Å². The summed E-state index contributed by atoms with van der Waals surface area (Å²) in [5.74, 6) is -0.672. The van der Waals surface area contributed by atoms with Gasteiger partial charge in [0, 0.05) is 24.2 Å². The first-order chi connectivity index (χ1) is 18.9. The lowest BCUT2D eigenvalue weighted by atomic mass is 9.73. The Kier molecular flexibility index (Phi) is 4.71. The van der Waals surface area contributed by atoms with Crippen molar-refractivity contribution in [3.05, 3.63) is 53.8 Å². The van der Waals surface area contributed by atoms with Crippen LogP contribution in [0.3, 0.4) is 0 Å². The van der Waals surface area contributed by atoms with Crippen LogP contribution in [-0.2, 0) is 36.2 Å². The number of benzene rings is 2. The maximum atomic E-state index is 14.1. The molecule has 9 rings (SSSR count). The number of anilines is 2. The van der Waals surface area contributed by atoms with E-state index in [1.807, 2.05) is 0 Å².